The van der Waals surface area contributed by atoms with Gasteiger partial charge in [-0.3, -0.25) is 0 Å². The van der Waals surface area contributed by atoms with E-state index in [4.69, 9.17) is 4.74 Å². The third-order valence-corrected chi connectivity index (χ3v) is 6.18. The molecule has 0 bridgehead atoms. The standard InChI is InChI=1S/C18H20N2O3S2/c1-3-23-12-11-20-16-10-9-14(2)13-17(16)24-18(20)19-25(21,22)15-7-5-4-6-8-15/h4-10,13H,3,11-12H2,1-2H3. The summed E-state index contributed by atoms with van der Waals surface area (Å²) in [6.45, 7) is 5.64. The van der Waals surface area contributed by atoms with E-state index in [1.54, 1.807) is 30.3 Å². The number of sulfonamides is 1. The number of ether oxygens (including phenoxy) is 1. The number of nitrogens with zero attached hydrogens (tertiary/aromatic N) is 2. The van der Waals surface area contributed by atoms with Gasteiger partial charge in [-0.2, -0.15) is 8.42 Å². The van der Waals surface area contributed by atoms with Crippen molar-refractivity contribution in [2.75, 3.05) is 13.2 Å². The van der Waals surface area contributed by atoms with E-state index in [-0.39, 0.29) is 4.90 Å². The van der Waals surface area contributed by atoms with E-state index in [0.717, 1.165) is 15.8 Å². The molecule has 0 amide bonds. The SMILES string of the molecule is CCOCCn1c(=NS(=O)(=O)c2ccccc2)sc2cc(C)ccc21. The largest absolute Gasteiger partial charge is 0.380 e. The van der Waals surface area contributed by atoms with Gasteiger partial charge in [-0.25, -0.2) is 0 Å². The summed E-state index contributed by atoms with van der Waals surface area (Å²) in [4.78, 5) is 0.657. The Morgan fingerprint density at radius 2 is 1.92 bits per heavy atom. The summed E-state index contributed by atoms with van der Waals surface area (Å²) in [7, 11) is -3.75. The van der Waals surface area contributed by atoms with Gasteiger partial charge < -0.3 is 9.30 Å². The Morgan fingerprint density at radius 3 is 2.64 bits per heavy atom. The second kappa shape index (κ2) is 7.51. The highest BCUT2D eigenvalue weighted by atomic mass is 32.2. The molecule has 0 aliphatic carbocycles. The van der Waals surface area contributed by atoms with Crippen molar-refractivity contribution in [3.8, 4) is 0 Å². The molecule has 2 aromatic carbocycles. The van der Waals surface area contributed by atoms with Crippen LogP contribution in [-0.2, 0) is 21.3 Å². The molecule has 0 unspecified atom stereocenters. The Morgan fingerprint density at radius 1 is 1.16 bits per heavy atom. The Kier molecular flexibility index (Phi) is 5.36. The van der Waals surface area contributed by atoms with Crippen molar-refractivity contribution in [1.29, 1.82) is 0 Å². The molecule has 0 N–H and O–H groups in total. The van der Waals surface area contributed by atoms with Crippen molar-refractivity contribution < 1.29 is 13.2 Å². The third kappa shape index (κ3) is 4.00. The lowest BCUT2D eigenvalue weighted by molar-refractivity contribution is 0.139. The Labute approximate surface area is 151 Å². The smallest absolute Gasteiger partial charge is 0.285 e. The molecule has 0 radical (unpaired) electrons. The quantitative estimate of drug-likeness (QED) is 0.620. The maximum absolute atomic E-state index is 12.6. The van der Waals surface area contributed by atoms with Gasteiger partial charge in [0, 0.05) is 13.2 Å². The molecule has 3 rings (SSSR count). The first-order valence-electron chi connectivity index (χ1n) is 8.05. The van der Waals surface area contributed by atoms with Crippen LogP contribution in [0.15, 0.2) is 57.8 Å². The van der Waals surface area contributed by atoms with Crippen molar-refractivity contribution in [2.24, 2.45) is 4.40 Å². The average Bonchev–Trinajstić information content (AvgIpc) is 2.91. The summed E-state index contributed by atoms with van der Waals surface area (Å²) in [5, 5.41) is 0. The van der Waals surface area contributed by atoms with E-state index in [2.05, 4.69) is 4.40 Å². The van der Waals surface area contributed by atoms with Crippen LogP contribution in [0.2, 0.25) is 0 Å². The van der Waals surface area contributed by atoms with Gasteiger partial charge >= 0.3 is 0 Å². The highest BCUT2D eigenvalue weighted by Gasteiger charge is 2.14. The highest BCUT2D eigenvalue weighted by molar-refractivity contribution is 7.90. The van der Waals surface area contributed by atoms with E-state index in [0.29, 0.717) is 24.6 Å². The van der Waals surface area contributed by atoms with E-state index in [9.17, 15) is 8.42 Å². The monoisotopic (exact) mass is 376 g/mol. The predicted molar refractivity (Wildman–Crippen MR) is 100 cm³/mol. The minimum Gasteiger partial charge on any atom is -0.380 e. The number of aromatic nitrogens is 1. The second-order valence-corrected chi connectivity index (χ2v) is 8.20. The molecule has 25 heavy (non-hydrogen) atoms. The average molecular weight is 377 g/mol. The number of hydrogen-bond acceptors (Lipinski definition) is 4. The van der Waals surface area contributed by atoms with E-state index in [1.807, 2.05) is 36.6 Å². The van der Waals surface area contributed by atoms with Crippen molar-refractivity contribution in [1.82, 2.24) is 4.57 Å². The molecule has 3 aromatic rings. The minimum atomic E-state index is -3.75. The van der Waals surface area contributed by atoms with Crippen molar-refractivity contribution >= 4 is 31.6 Å². The molecule has 132 valence electrons. The fourth-order valence-electron chi connectivity index (χ4n) is 2.51. The van der Waals surface area contributed by atoms with Gasteiger partial charge in [0.2, 0.25) is 4.80 Å². The molecule has 0 saturated heterocycles. The van der Waals surface area contributed by atoms with Crippen molar-refractivity contribution in [2.45, 2.75) is 25.3 Å². The highest BCUT2D eigenvalue weighted by Crippen LogP contribution is 2.20. The lowest BCUT2D eigenvalue weighted by Crippen LogP contribution is -2.19. The summed E-state index contributed by atoms with van der Waals surface area (Å²) in [6.07, 6.45) is 0. The summed E-state index contributed by atoms with van der Waals surface area (Å²) in [5.74, 6) is 0. The Bertz CT molecular complexity index is 1040. The molecule has 7 heteroatoms. The zero-order valence-corrected chi connectivity index (χ0v) is 15.8. The van der Waals surface area contributed by atoms with Crippen LogP contribution in [0.1, 0.15) is 12.5 Å². The molecule has 0 saturated carbocycles. The van der Waals surface area contributed by atoms with Crippen molar-refractivity contribution in [3.05, 3.63) is 58.9 Å². The predicted octanol–water partition coefficient (Wildman–Crippen LogP) is 3.34. The third-order valence-electron chi connectivity index (χ3n) is 3.74. The van der Waals surface area contributed by atoms with Gasteiger partial charge in [0.05, 0.1) is 21.7 Å². The van der Waals surface area contributed by atoms with E-state index >= 15 is 0 Å². The minimum absolute atomic E-state index is 0.194. The molecule has 1 heterocycles. The Balaban J connectivity index is 2.15. The molecule has 0 aliphatic rings. The zero-order valence-electron chi connectivity index (χ0n) is 14.2. The Hall–Kier alpha value is -1.96. The first-order chi connectivity index (χ1) is 12.0. The van der Waals surface area contributed by atoms with Crippen LogP contribution in [0, 0.1) is 6.92 Å². The van der Waals surface area contributed by atoms with Gasteiger partial charge in [0.15, 0.2) is 0 Å². The van der Waals surface area contributed by atoms with Crippen LogP contribution in [-0.4, -0.2) is 26.2 Å². The van der Waals surface area contributed by atoms with Crippen LogP contribution in [0.25, 0.3) is 10.2 Å². The van der Waals surface area contributed by atoms with Gasteiger partial charge in [-0.1, -0.05) is 35.6 Å². The van der Waals surface area contributed by atoms with Crippen LogP contribution in [0.5, 0.6) is 0 Å². The molecular weight excluding hydrogens is 356 g/mol. The van der Waals surface area contributed by atoms with Crippen LogP contribution in [0.3, 0.4) is 0 Å². The maximum Gasteiger partial charge on any atom is 0.285 e. The molecular formula is C18H20N2O3S2. The fourth-order valence-corrected chi connectivity index (χ4v) is 4.89. The first-order valence-corrected chi connectivity index (χ1v) is 10.3. The summed E-state index contributed by atoms with van der Waals surface area (Å²) in [6, 6.07) is 14.3. The zero-order chi connectivity index (χ0) is 17.9. The van der Waals surface area contributed by atoms with E-state index < -0.39 is 10.0 Å². The van der Waals surface area contributed by atoms with Gasteiger partial charge in [0.25, 0.3) is 10.0 Å². The normalized spacial score (nSPS) is 12.8. The maximum atomic E-state index is 12.6. The number of aryl methyl sites for hydroxylation is 1. The summed E-state index contributed by atoms with van der Waals surface area (Å²) >= 11 is 1.38. The van der Waals surface area contributed by atoms with Crippen LogP contribution in [0.4, 0.5) is 0 Å². The van der Waals surface area contributed by atoms with E-state index in [1.165, 1.54) is 11.3 Å². The lowest BCUT2D eigenvalue weighted by atomic mass is 10.2. The first kappa shape index (κ1) is 17.8. The molecule has 0 aliphatic heterocycles. The van der Waals surface area contributed by atoms with Gasteiger partial charge in [-0.15, -0.1) is 4.40 Å². The van der Waals surface area contributed by atoms with Crippen molar-refractivity contribution in [3.63, 3.8) is 0 Å². The lowest BCUT2D eigenvalue weighted by Gasteiger charge is -2.06. The molecule has 0 fully saturated rings. The topological polar surface area (TPSA) is 60.7 Å². The number of rotatable bonds is 6. The molecule has 0 atom stereocenters. The number of benzene rings is 2. The summed E-state index contributed by atoms with van der Waals surface area (Å²) in [5.41, 5.74) is 2.10. The van der Waals surface area contributed by atoms with Crippen LogP contribution >= 0.6 is 11.3 Å². The molecule has 5 nitrogen and oxygen atoms in total. The van der Waals surface area contributed by atoms with Crippen LogP contribution < -0.4 is 4.80 Å². The van der Waals surface area contributed by atoms with Gasteiger partial charge in [-0.05, 0) is 43.7 Å². The number of fused-ring (bicyclic) bond motifs is 1. The summed E-state index contributed by atoms with van der Waals surface area (Å²) < 4.78 is 37.7. The number of thiazole rings is 1. The molecule has 1 aromatic heterocycles. The second-order valence-electron chi connectivity index (χ2n) is 5.58. The molecule has 0 spiro atoms. The number of hydrogen-bond donors (Lipinski definition) is 0. The fraction of sp³-hybridized carbons (Fsp3) is 0.278. The van der Waals surface area contributed by atoms with Gasteiger partial charge in [0.1, 0.15) is 0 Å².